The van der Waals surface area contributed by atoms with Gasteiger partial charge in [0.05, 0.1) is 13.7 Å². The first-order chi connectivity index (χ1) is 17.2. The van der Waals surface area contributed by atoms with Gasteiger partial charge in [0.2, 0.25) is 0 Å². The monoisotopic (exact) mass is 467 g/mol. The molecule has 1 unspecified atom stereocenters. The number of hydrogen-bond acceptors (Lipinski definition) is 4. The summed E-state index contributed by atoms with van der Waals surface area (Å²) in [5.41, 5.74) is 3.86. The van der Waals surface area contributed by atoms with Crippen molar-refractivity contribution in [2.75, 3.05) is 38.7 Å². The van der Waals surface area contributed by atoms with Crippen molar-refractivity contribution in [1.29, 1.82) is 0 Å². The van der Waals surface area contributed by atoms with E-state index in [1.165, 1.54) is 5.56 Å². The molecule has 0 aromatic heterocycles. The van der Waals surface area contributed by atoms with Gasteiger partial charge in [0.25, 0.3) is 0 Å². The van der Waals surface area contributed by atoms with Crippen molar-refractivity contribution in [2.24, 2.45) is 0 Å². The van der Waals surface area contributed by atoms with E-state index >= 15 is 0 Å². The highest BCUT2D eigenvalue weighted by atomic mass is 16.5. The van der Waals surface area contributed by atoms with Crippen LogP contribution in [0.1, 0.15) is 22.6 Å². The lowest BCUT2D eigenvalue weighted by Crippen LogP contribution is -2.71. The lowest BCUT2D eigenvalue weighted by molar-refractivity contribution is -0.0767. The van der Waals surface area contributed by atoms with Crippen molar-refractivity contribution >= 4 is 11.7 Å². The molecule has 0 aliphatic carbocycles. The maximum absolute atomic E-state index is 12.9. The van der Waals surface area contributed by atoms with Crippen LogP contribution < -0.4 is 10.1 Å². The highest BCUT2D eigenvalue weighted by Crippen LogP contribution is 2.42. The Morgan fingerprint density at radius 2 is 1.66 bits per heavy atom. The van der Waals surface area contributed by atoms with Crippen LogP contribution in [0.2, 0.25) is 0 Å². The van der Waals surface area contributed by atoms with Crippen molar-refractivity contribution in [2.45, 2.75) is 18.0 Å². The zero-order valence-electron chi connectivity index (χ0n) is 19.7. The summed E-state index contributed by atoms with van der Waals surface area (Å²) in [6, 6.07) is 25.7. The lowest BCUT2D eigenvalue weighted by Gasteiger charge is -2.59. The fourth-order valence-corrected chi connectivity index (χ4v) is 5.10. The Morgan fingerprint density at radius 3 is 2.31 bits per heavy atom. The molecule has 3 aromatic rings. The zero-order valence-corrected chi connectivity index (χ0v) is 19.7. The number of carbonyl (C=O) groups is 1. The van der Waals surface area contributed by atoms with Gasteiger partial charge in [-0.15, -0.1) is 0 Å². The van der Waals surface area contributed by atoms with E-state index in [0.717, 1.165) is 29.1 Å². The molecule has 3 atom stereocenters. The van der Waals surface area contributed by atoms with Crippen LogP contribution in [-0.4, -0.2) is 66.4 Å². The minimum absolute atomic E-state index is 0.0769. The van der Waals surface area contributed by atoms with Crippen LogP contribution in [0.4, 0.5) is 10.5 Å². The van der Waals surface area contributed by atoms with Gasteiger partial charge < -0.3 is 20.1 Å². The number of urea groups is 1. The van der Waals surface area contributed by atoms with Gasteiger partial charge in [0, 0.05) is 54.5 Å². The van der Waals surface area contributed by atoms with E-state index in [0.29, 0.717) is 13.1 Å². The van der Waals surface area contributed by atoms with Gasteiger partial charge in [-0.3, -0.25) is 4.90 Å². The second-order valence-corrected chi connectivity index (χ2v) is 8.92. The summed E-state index contributed by atoms with van der Waals surface area (Å²) in [6.45, 7) is 2.12. The molecule has 2 aliphatic heterocycles. The molecule has 2 aliphatic rings. The van der Waals surface area contributed by atoms with Gasteiger partial charge in [-0.1, -0.05) is 42.2 Å². The first kappa shape index (κ1) is 23.0. The highest BCUT2D eigenvalue weighted by molar-refractivity contribution is 5.89. The third-order valence-corrected chi connectivity index (χ3v) is 6.95. The van der Waals surface area contributed by atoms with E-state index in [-0.39, 0.29) is 30.6 Å². The fourth-order valence-electron chi connectivity index (χ4n) is 5.10. The number of methoxy groups -OCH3 is 1. The Kier molecular flexibility index (Phi) is 6.71. The molecule has 0 saturated carbocycles. The molecule has 6 heteroatoms. The summed E-state index contributed by atoms with van der Waals surface area (Å²) in [5, 5.41) is 13.1. The number of benzene rings is 3. The van der Waals surface area contributed by atoms with Crippen molar-refractivity contribution < 1.29 is 14.6 Å². The van der Waals surface area contributed by atoms with Gasteiger partial charge in [0.15, 0.2) is 0 Å². The number of ether oxygens (including phenoxy) is 1. The van der Waals surface area contributed by atoms with Crippen molar-refractivity contribution in [3.63, 3.8) is 0 Å². The van der Waals surface area contributed by atoms with Crippen LogP contribution in [0.25, 0.3) is 0 Å². The van der Waals surface area contributed by atoms with Crippen molar-refractivity contribution in [3.8, 4) is 17.6 Å². The van der Waals surface area contributed by atoms with Crippen molar-refractivity contribution in [3.05, 3.63) is 95.6 Å². The van der Waals surface area contributed by atoms with Crippen LogP contribution in [0.15, 0.2) is 78.9 Å². The average molecular weight is 468 g/mol. The summed E-state index contributed by atoms with van der Waals surface area (Å²) in [4.78, 5) is 17.1. The topological polar surface area (TPSA) is 65.0 Å². The summed E-state index contributed by atoms with van der Waals surface area (Å²) in [5.74, 6) is 7.33. The van der Waals surface area contributed by atoms with Crippen LogP contribution in [0, 0.1) is 11.8 Å². The zero-order chi connectivity index (χ0) is 24.2. The van der Waals surface area contributed by atoms with Crippen LogP contribution >= 0.6 is 0 Å². The number of fused-ring (bicyclic) bond motifs is 1. The van der Waals surface area contributed by atoms with E-state index in [1.54, 1.807) is 7.11 Å². The van der Waals surface area contributed by atoms with Gasteiger partial charge in [-0.2, -0.15) is 0 Å². The molecule has 2 N–H and O–H groups in total. The number of nitrogens with zero attached hydrogens (tertiary/aromatic N) is 2. The third kappa shape index (κ3) is 4.88. The molecule has 6 nitrogen and oxygen atoms in total. The summed E-state index contributed by atoms with van der Waals surface area (Å²) in [7, 11) is 1.62. The van der Waals surface area contributed by atoms with Crippen LogP contribution in [-0.2, 0) is 0 Å². The Balaban J connectivity index is 1.26. The van der Waals surface area contributed by atoms with E-state index in [4.69, 9.17) is 4.74 Å². The SMILES string of the molecule is COc1ccc(NC(=O)N2CCN3[C@H](CO)C(c4ccc(C#Cc5ccccc5)cc4)[C@@H]3C2)cc1. The fraction of sp³-hybridized carbons (Fsp3) is 0.276. The standard InChI is InChI=1S/C29H29N3O3/c1-35-25-15-13-24(14-16-25)30-29(34)31-17-18-32-26(19-31)28(27(32)20-33)23-11-9-22(10-12-23)8-7-21-5-3-2-4-6-21/h2-6,9-16,26-28,33H,17-20H2,1H3,(H,30,34)/t26-,27+,28?/m0/s1. The first-order valence-corrected chi connectivity index (χ1v) is 11.9. The quantitative estimate of drug-likeness (QED) is 0.574. The number of hydrogen-bond donors (Lipinski definition) is 2. The minimum Gasteiger partial charge on any atom is -0.497 e. The molecule has 0 spiro atoms. The van der Waals surface area contributed by atoms with Crippen LogP contribution in [0.3, 0.4) is 0 Å². The molecule has 3 aromatic carbocycles. The van der Waals surface area contributed by atoms with E-state index in [1.807, 2.05) is 71.6 Å². The molecular formula is C29H29N3O3. The summed E-state index contributed by atoms with van der Waals surface area (Å²) >= 11 is 0. The summed E-state index contributed by atoms with van der Waals surface area (Å²) in [6.07, 6.45) is 0. The first-order valence-electron chi connectivity index (χ1n) is 11.9. The van der Waals surface area contributed by atoms with E-state index in [2.05, 4.69) is 34.2 Å². The minimum atomic E-state index is -0.104. The second kappa shape index (κ2) is 10.2. The Morgan fingerprint density at radius 1 is 0.971 bits per heavy atom. The molecule has 2 amide bonds. The average Bonchev–Trinajstić information content (AvgIpc) is 2.90. The third-order valence-electron chi connectivity index (χ3n) is 6.95. The number of carbonyl (C=O) groups excluding carboxylic acids is 1. The number of anilines is 1. The molecule has 2 heterocycles. The largest absolute Gasteiger partial charge is 0.497 e. The molecule has 2 fully saturated rings. The van der Waals surface area contributed by atoms with E-state index < -0.39 is 0 Å². The summed E-state index contributed by atoms with van der Waals surface area (Å²) < 4.78 is 5.18. The number of aliphatic hydroxyl groups is 1. The Labute approximate surface area is 206 Å². The predicted molar refractivity (Wildman–Crippen MR) is 137 cm³/mol. The predicted octanol–water partition coefficient (Wildman–Crippen LogP) is 3.77. The van der Waals surface area contributed by atoms with Crippen molar-refractivity contribution in [1.82, 2.24) is 9.80 Å². The number of amides is 2. The van der Waals surface area contributed by atoms with Gasteiger partial charge in [-0.25, -0.2) is 4.79 Å². The maximum Gasteiger partial charge on any atom is 0.321 e. The normalized spacial score (nSPS) is 21.2. The highest BCUT2D eigenvalue weighted by Gasteiger charge is 2.51. The number of rotatable bonds is 4. The van der Waals surface area contributed by atoms with Gasteiger partial charge >= 0.3 is 6.03 Å². The second-order valence-electron chi connectivity index (χ2n) is 8.92. The molecule has 178 valence electrons. The molecular weight excluding hydrogens is 438 g/mol. The maximum atomic E-state index is 12.9. The Bertz CT molecular complexity index is 1220. The van der Waals surface area contributed by atoms with Gasteiger partial charge in [0.1, 0.15) is 5.75 Å². The molecule has 5 rings (SSSR count). The molecule has 0 bridgehead atoms. The molecule has 35 heavy (non-hydrogen) atoms. The number of piperazine rings is 1. The molecule has 2 saturated heterocycles. The Hall–Kier alpha value is -3.79. The smallest absolute Gasteiger partial charge is 0.321 e. The van der Waals surface area contributed by atoms with E-state index in [9.17, 15) is 9.90 Å². The number of aliphatic hydroxyl groups excluding tert-OH is 1. The lowest BCUT2D eigenvalue weighted by atomic mass is 9.74. The van der Waals surface area contributed by atoms with Gasteiger partial charge in [-0.05, 0) is 54.1 Å². The van der Waals surface area contributed by atoms with Crippen LogP contribution in [0.5, 0.6) is 5.75 Å². The number of nitrogens with one attached hydrogen (secondary N) is 1. The molecule has 0 radical (unpaired) electrons.